The number of anilines is 1. The highest BCUT2D eigenvalue weighted by atomic mass is 32.2. The van der Waals surface area contributed by atoms with Crippen LogP contribution in [0.3, 0.4) is 0 Å². The number of benzene rings is 2. The summed E-state index contributed by atoms with van der Waals surface area (Å²) in [6.45, 7) is 0.787. The van der Waals surface area contributed by atoms with E-state index in [-0.39, 0.29) is 30.1 Å². The number of amides is 4. The molecular weight excluding hydrogens is 439 g/mol. The van der Waals surface area contributed by atoms with E-state index >= 15 is 0 Å². The van der Waals surface area contributed by atoms with Gasteiger partial charge in [0.05, 0.1) is 6.54 Å². The molecule has 0 bridgehead atoms. The van der Waals surface area contributed by atoms with Crippen molar-refractivity contribution in [2.24, 2.45) is 0 Å². The number of carbonyl (C=O) groups excluding carboxylic acids is 3. The molecule has 0 unspecified atom stereocenters. The van der Waals surface area contributed by atoms with Crippen molar-refractivity contribution >= 4 is 33.6 Å². The molecule has 0 saturated carbocycles. The van der Waals surface area contributed by atoms with Gasteiger partial charge in [0.1, 0.15) is 10.7 Å². The van der Waals surface area contributed by atoms with Gasteiger partial charge in [-0.05, 0) is 49.2 Å². The molecule has 2 N–H and O–H groups in total. The number of nitrogens with zero attached hydrogens (tertiary/aromatic N) is 2. The number of rotatable bonds is 5. The van der Waals surface area contributed by atoms with E-state index in [1.807, 2.05) is 0 Å². The van der Waals surface area contributed by atoms with Crippen molar-refractivity contribution in [1.29, 1.82) is 0 Å². The first-order chi connectivity index (χ1) is 15.3. The van der Waals surface area contributed by atoms with Crippen LogP contribution in [0.2, 0.25) is 0 Å². The van der Waals surface area contributed by atoms with E-state index in [1.165, 1.54) is 47.4 Å². The summed E-state index contributed by atoms with van der Waals surface area (Å²) in [5.41, 5.74) is 0.564. The summed E-state index contributed by atoms with van der Waals surface area (Å²) in [6, 6.07) is 10.3. The molecule has 2 heterocycles. The lowest BCUT2D eigenvalue weighted by atomic mass is 10.0. The molecule has 0 spiro atoms. The molecule has 2 aliphatic rings. The van der Waals surface area contributed by atoms with E-state index in [2.05, 4.69) is 10.0 Å². The molecule has 2 aromatic carbocycles. The largest absolute Gasteiger partial charge is 0.338 e. The fourth-order valence-electron chi connectivity index (χ4n) is 3.87. The number of hydrogen-bond donors (Lipinski definition) is 2. The number of hydrogen-bond acceptors (Lipinski definition) is 5. The molecule has 4 amide bonds. The number of likely N-dealkylation sites (tertiary alicyclic amines) is 1. The third-order valence-corrected chi connectivity index (χ3v) is 6.92. The topological polar surface area (TPSA) is 116 Å². The fourth-order valence-corrected chi connectivity index (χ4v) is 5.01. The SMILES string of the molecule is O=C(c1ccc(NS(=O)(=O)c2ccccc2F)cc1)N1CCC(N2C(=O)CNC2=O)CC1. The van der Waals surface area contributed by atoms with Crippen molar-refractivity contribution in [1.82, 2.24) is 15.1 Å². The highest BCUT2D eigenvalue weighted by Gasteiger charge is 2.37. The molecule has 168 valence electrons. The zero-order valence-electron chi connectivity index (χ0n) is 17.0. The van der Waals surface area contributed by atoms with Crippen LogP contribution in [0, 0.1) is 5.82 Å². The Kier molecular flexibility index (Phi) is 5.83. The van der Waals surface area contributed by atoms with Crippen LogP contribution >= 0.6 is 0 Å². The highest BCUT2D eigenvalue weighted by Crippen LogP contribution is 2.22. The number of urea groups is 1. The summed E-state index contributed by atoms with van der Waals surface area (Å²) in [5.74, 6) is -1.35. The molecule has 0 radical (unpaired) electrons. The smallest absolute Gasteiger partial charge is 0.324 e. The first-order valence-electron chi connectivity index (χ1n) is 10.0. The molecule has 2 saturated heterocycles. The summed E-state index contributed by atoms with van der Waals surface area (Å²) in [5, 5.41) is 2.50. The van der Waals surface area contributed by atoms with Gasteiger partial charge in [-0.1, -0.05) is 12.1 Å². The van der Waals surface area contributed by atoms with Gasteiger partial charge >= 0.3 is 6.03 Å². The summed E-state index contributed by atoms with van der Waals surface area (Å²) in [7, 11) is -4.11. The number of imide groups is 1. The minimum atomic E-state index is -4.11. The molecular formula is C21H21FN4O5S. The Labute approximate surface area is 184 Å². The van der Waals surface area contributed by atoms with Gasteiger partial charge in [0.2, 0.25) is 5.91 Å². The van der Waals surface area contributed by atoms with E-state index in [9.17, 15) is 27.2 Å². The summed E-state index contributed by atoms with van der Waals surface area (Å²) < 4.78 is 40.9. The first kappa shape index (κ1) is 21.8. The van der Waals surface area contributed by atoms with Crippen LogP contribution < -0.4 is 10.0 Å². The maximum atomic E-state index is 13.8. The van der Waals surface area contributed by atoms with Crippen LogP contribution in [0.1, 0.15) is 23.2 Å². The molecule has 9 nitrogen and oxygen atoms in total. The number of piperidine rings is 1. The van der Waals surface area contributed by atoms with Crippen molar-refractivity contribution in [3.8, 4) is 0 Å². The zero-order chi connectivity index (χ0) is 22.9. The maximum absolute atomic E-state index is 13.8. The van der Waals surface area contributed by atoms with Crippen LogP contribution in [0.4, 0.5) is 14.9 Å². The Hall–Kier alpha value is -3.47. The average Bonchev–Trinajstić information content (AvgIpc) is 3.12. The predicted octanol–water partition coefficient (Wildman–Crippen LogP) is 1.78. The lowest BCUT2D eigenvalue weighted by Crippen LogP contribution is -2.49. The monoisotopic (exact) mass is 460 g/mol. The Balaban J connectivity index is 1.38. The van der Waals surface area contributed by atoms with Gasteiger partial charge in [-0.2, -0.15) is 0 Å². The lowest BCUT2D eigenvalue weighted by Gasteiger charge is -2.35. The molecule has 2 aromatic rings. The van der Waals surface area contributed by atoms with E-state index in [0.29, 0.717) is 31.5 Å². The van der Waals surface area contributed by atoms with Crippen molar-refractivity contribution in [2.45, 2.75) is 23.8 Å². The number of carbonyl (C=O) groups is 3. The van der Waals surface area contributed by atoms with Gasteiger partial charge in [0, 0.05) is 30.4 Å². The average molecular weight is 460 g/mol. The maximum Gasteiger partial charge on any atom is 0.324 e. The van der Waals surface area contributed by atoms with Gasteiger partial charge < -0.3 is 10.2 Å². The Morgan fingerprint density at radius 2 is 1.69 bits per heavy atom. The molecule has 11 heteroatoms. The lowest BCUT2D eigenvalue weighted by molar-refractivity contribution is -0.127. The minimum absolute atomic E-state index is 0.00496. The third kappa shape index (κ3) is 4.28. The zero-order valence-corrected chi connectivity index (χ0v) is 17.8. The van der Waals surface area contributed by atoms with E-state index in [0.717, 1.165) is 6.07 Å². The predicted molar refractivity (Wildman–Crippen MR) is 113 cm³/mol. The highest BCUT2D eigenvalue weighted by molar-refractivity contribution is 7.92. The number of halogens is 1. The van der Waals surface area contributed by atoms with Gasteiger partial charge in [-0.25, -0.2) is 17.6 Å². The van der Waals surface area contributed by atoms with Gasteiger partial charge in [0.15, 0.2) is 0 Å². The van der Waals surface area contributed by atoms with Crippen LogP contribution in [-0.4, -0.2) is 61.7 Å². The number of nitrogens with one attached hydrogen (secondary N) is 2. The Morgan fingerprint density at radius 1 is 1.03 bits per heavy atom. The second-order valence-corrected chi connectivity index (χ2v) is 9.21. The molecule has 32 heavy (non-hydrogen) atoms. The van der Waals surface area contributed by atoms with Crippen molar-refractivity contribution in [2.75, 3.05) is 24.4 Å². The van der Waals surface area contributed by atoms with Crippen LogP contribution in [0.15, 0.2) is 53.4 Å². The molecule has 0 aliphatic carbocycles. The summed E-state index contributed by atoms with van der Waals surface area (Å²) >= 11 is 0. The first-order valence-corrected chi connectivity index (χ1v) is 11.5. The molecule has 2 fully saturated rings. The van der Waals surface area contributed by atoms with E-state index in [1.54, 1.807) is 4.90 Å². The molecule has 0 atom stereocenters. The van der Waals surface area contributed by atoms with Crippen molar-refractivity contribution in [3.05, 3.63) is 59.9 Å². The summed E-state index contributed by atoms with van der Waals surface area (Å²) in [4.78, 5) is 38.9. The molecule has 4 rings (SSSR count). The van der Waals surface area contributed by atoms with Crippen molar-refractivity contribution < 1.29 is 27.2 Å². The summed E-state index contributed by atoms with van der Waals surface area (Å²) in [6.07, 6.45) is 0.983. The van der Waals surface area contributed by atoms with Gasteiger partial charge in [0.25, 0.3) is 15.9 Å². The molecule has 0 aromatic heterocycles. The van der Waals surface area contributed by atoms with E-state index < -0.39 is 26.8 Å². The molecule has 2 aliphatic heterocycles. The quantitative estimate of drug-likeness (QED) is 0.660. The van der Waals surface area contributed by atoms with E-state index in [4.69, 9.17) is 0 Å². The second-order valence-electron chi connectivity index (χ2n) is 7.56. The minimum Gasteiger partial charge on any atom is -0.338 e. The van der Waals surface area contributed by atoms with Crippen LogP contribution in [0.25, 0.3) is 0 Å². The van der Waals surface area contributed by atoms with Crippen LogP contribution in [-0.2, 0) is 14.8 Å². The van der Waals surface area contributed by atoms with Gasteiger partial charge in [-0.15, -0.1) is 0 Å². The third-order valence-electron chi connectivity index (χ3n) is 5.51. The standard InChI is InChI=1S/C21H21FN4O5S/c22-17-3-1-2-4-18(17)32(30,31)24-15-7-5-14(6-8-15)20(28)25-11-9-16(10-12-25)26-19(27)13-23-21(26)29/h1-8,16,24H,9-13H2,(H,23,29). The fraction of sp³-hybridized carbons (Fsp3) is 0.286. The Bertz CT molecular complexity index is 1140. The normalized spacial score (nSPS) is 17.4. The van der Waals surface area contributed by atoms with Crippen molar-refractivity contribution in [3.63, 3.8) is 0 Å². The number of sulfonamides is 1. The second kappa shape index (κ2) is 8.58. The Morgan fingerprint density at radius 3 is 2.28 bits per heavy atom. The van der Waals surface area contributed by atoms with Gasteiger partial charge in [-0.3, -0.25) is 19.2 Å². The van der Waals surface area contributed by atoms with Crippen LogP contribution in [0.5, 0.6) is 0 Å².